The summed E-state index contributed by atoms with van der Waals surface area (Å²) in [5.74, 6) is 2.13. The molecule has 1 saturated heterocycles. The smallest absolute Gasteiger partial charge is 0.0458 e. The lowest BCUT2D eigenvalue weighted by Gasteiger charge is -2.30. The Hall–Kier alpha value is -1.93. The molecule has 0 saturated carbocycles. The van der Waals surface area contributed by atoms with Gasteiger partial charge in [0.1, 0.15) is 0 Å². The van der Waals surface area contributed by atoms with Gasteiger partial charge in [0.2, 0.25) is 0 Å². The highest BCUT2D eigenvalue weighted by molar-refractivity contribution is 8.04. The minimum absolute atomic E-state index is 0.663. The Morgan fingerprint density at radius 1 is 1.00 bits per heavy atom. The molecule has 1 aromatic carbocycles. The summed E-state index contributed by atoms with van der Waals surface area (Å²) in [6.07, 6.45) is 19.2. The van der Waals surface area contributed by atoms with Crippen LogP contribution in [0.2, 0.25) is 0 Å². The number of rotatable bonds is 1. The first kappa shape index (κ1) is 15.2. The van der Waals surface area contributed by atoms with E-state index >= 15 is 0 Å². The highest BCUT2D eigenvalue weighted by Crippen LogP contribution is 2.53. The predicted molar refractivity (Wildman–Crippen MR) is 111 cm³/mol. The van der Waals surface area contributed by atoms with Gasteiger partial charge in [-0.3, -0.25) is 0 Å². The molecule has 0 radical (unpaired) electrons. The summed E-state index contributed by atoms with van der Waals surface area (Å²) in [4.78, 5) is 5.28. The molecule has 0 spiro atoms. The first-order chi connectivity index (χ1) is 12.9. The highest BCUT2D eigenvalue weighted by Gasteiger charge is 2.40. The number of fused-ring (bicyclic) bond motifs is 6. The number of thioether (sulfide) groups is 1. The lowest BCUT2D eigenvalue weighted by Crippen LogP contribution is -2.22. The van der Waals surface area contributed by atoms with Gasteiger partial charge in [0.05, 0.1) is 0 Å². The van der Waals surface area contributed by atoms with Crippen LogP contribution in [0.5, 0.6) is 0 Å². The van der Waals surface area contributed by atoms with Crippen LogP contribution in [0.25, 0.3) is 10.9 Å². The van der Waals surface area contributed by atoms with Crippen molar-refractivity contribution >= 4 is 22.7 Å². The number of H-pyrrole nitrogens is 1. The summed E-state index contributed by atoms with van der Waals surface area (Å²) in [6.45, 7) is 0. The molecule has 6 rings (SSSR count). The maximum absolute atomic E-state index is 3.66. The number of aromatic nitrogens is 1. The molecular weight excluding hydrogens is 334 g/mol. The molecule has 0 amide bonds. The summed E-state index contributed by atoms with van der Waals surface area (Å²) in [6, 6.07) is 8.82. The van der Waals surface area contributed by atoms with Gasteiger partial charge in [-0.15, -0.1) is 11.8 Å². The van der Waals surface area contributed by atoms with Gasteiger partial charge < -0.3 is 4.98 Å². The maximum atomic E-state index is 3.66. The molecule has 2 aromatic rings. The molecule has 4 atom stereocenters. The third kappa shape index (κ3) is 2.24. The van der Waals surface area contributed by atoms with Crippen molar-refractivity contribution in [2.75, 3.05) is 0 Å². The highest BCUT2D eigenvalue weighted by atomic mass is 32.2. The average Bonchev–Trinajstić information content (AvgIpc) is 3.25. The van der Waals surface area contributed by atoms with Crippen LogP contribution in [0.1, 0.15) is 24.1 Å². The Morgan fingerprint density at radius 2 is 1.92 bits per heavy atom. The van der Waals surface area contributed by atoms with E-state index in [-0.39, 0.29) is 0 Å². The van der Waals surface area contributed by atoms with Crippen molar-refractivity contribution in [3.63, 3.8) is 0 Å². The van der Waals surface area contributed by atoms with Gasteiger partial charge in [-0.05, 0) is 48.1 Å². The summed E-state index contributed by atoms with van der Waals surface area (Å²) < 4.78 is 0. The van der Waals surface area contributed by atoms with Gasteiger partial charge in [0, 0.05) is 33.7 Å². The van der Waals surface area contributed by atoms with Crippen LogP contribution in [0.4, 0.5) is 0 Å². The van der Waals surface area contributed by atoms with Gasteiger partial charge in [-0.1, -0.05) is 60.2 Å². The minimum Gasteiger partial charge on any atom is -0.358 e. The summed E-state index contributed by atoms with van der Waals surface area (Å²) in [5, 5.41) is 2.10. The zero-order valence-corrected chi connectivity index (χ0v) is 15.6. The lowest BCUT2D eigenvalue weighted by atomic mass is 9.74. The van der Waals surface area contributed by atoms with Crippen LogP contribution in [0.15, 0.2) is 71.2 Å². The molecule has 130 valence electrons. The lowest BCUT2D eigenvalue weighted by molar-refractivity contribution is 0.435. The second-order valence-corrected chi connectivity index (χ2v) is 9.37. The largest absolute Gasteiger partial charge is 0.358 e. The van der Waals surface area contributed by atoms with E-state index in [0.29, 0.717) is 17.1 Å². The number of allylic oxidation sites excluding steroid dienone is 7. The van der Waals surface area contributed by atoms with E-state index in [1.807, 2.05) is 0 Å². The van der Waals surface area contributed by atoms with Gasteiger partial charge in [0.15, 0.2) is 0 Å². The first-order valence-corrected chi connectivity index (χ1v) is 10.8. The van der Waals surface area contributed by atoms with Crippen LogP contribution in [0, 0.1) is 17.8 Å². The fraction of sp³-hybridized carbons (Fsp3) is 0.333. The number of hydrogen-bond acceptors (Lipinski definition) is 1. The van der Waals surface area contributed by atoms with Crippen molar-refractivity contribution in [2.45, 2.75) is 30.9 Å². The molecular formula is C24H23NS. The molecule has 4 unspecified atom stereocenters. The fourth-order valence-corrected chi connectivity index (χ4v) is 6.90. The van der Waals surface area contributed by atoms with Gasteiger partial charge in [0.25, 0.3) is 0 Å². The summed E-state index contributed by atoms with van der Waals surface area (Å²) in [5.41, 5.74) is 6.06. The van der Waals surface area contributed by atoms with Crippen molar-refractivity contribution in [1.82, 2.24) is 4.98 Å². The van der Waals surface area contributed by atoms with E-state index in [2.05, 4.69) is 77.5 Å². The van der Waals surface area contributed by atoms with Crippen LogP contribution in [-0.2, 0) is 12.8 Å². The number of nitrogens with one attached hydrogen (secondary N) is 1. The first-order valence-electron chi connectivity index (χ1n) is 9.87. The molecule has 0 bridgehead atoms. The molecule has 2 heteroatoms. The Bertz CT molecular complexity index is 1000. The quantitative estimate of drug-likeness (QED) is 0.666. The van der Waals surface area contributed by atoms with E-state index < -0.39 is 0 Å². The van der Waals surface area contributed by atoms with Crippen molar-refractivity contribution in [3.8, 4) is 0 Å². The van der Waals surface area contributed by atoms with Crippen molar-refractivity contribution < 1.29 is 0 Å². The van der Waals surface area contributed by atoms with E-state index in [4.69, 9.17) is 0 Å². The van der Waals surface area contributed by atoms with E-state index in [1.165, 1.54) is 42.3 Å². The number of para-hydroxylation sites is 1. The second kappa shape index (κ2) is 5.79. The van der Waals surface area contributed by atoms with E-state index in [0.717, 1.165) is 5.92 Å². The van der Waals surface area contributed by atoms with Crippen molar-refractivity contribution in [3.05, 3.63) is 82.5 Å². The van der Waals surface area contributed by atoms with Crippen LogP contribution in [0.3, 0.4) is 0 Å². The van der Waals surface area contributed by atoms with Gasteiger partial charge in [-0.25, -0.2) is 0 Å². The standard InChI is InChI=1S/C24H23NS/c1-3-7-21-17(5-1)19-13-15(9-11-22(19)25-21)16-10-12-24-20(14-16)18-6-2-4-8-23(18)26-24/h1-8,10,12,15,18,20,23,25H,9,11,13-14H2. The maximum Gasteiger partial charge on any atom is 0.0458 e. The number of hydrogen-bond donors (Lipinski definition) is 1. The molecule has 4 aliphatic rings. The van der Waals surface area contributed by atoms with Crippen molar-refractivity contribution in [2.24, 2.45) is 17.8 Å². The van der Waals surface area contributed by atoms with E-state index in [1.54, 1.807) is 16.0 Å². The molecule has 3 aliphatic carbocycles. The van der Waals surface area contributed by atoms with E-state index in [9.17, 15) is 0 Å². The Morgan fingerprint density at radius 3 is 2.92 bits per heavy atom. The summed E-state index contributed by atoms with van der Waals surface area (Å²) in [7, 11) is 0. The molecule has 1 aromatic heterocycles. The Kier molecular flexibility index (Phi) is 3.37. The molecule has 1 nitrogen and oxygen atoms in total. The summed E-state index contributed by atoms with van der Waals surface area (Å²) >= 11 is 2.09. The average molecular weight is 358 g/mol. The Balaban J connectivity index is 1.29. The second-order valence-electron chi connectivity index (χ2n) is 8.12. The third-order valence-corrected chi connectivity index (χ3v) is 8.22. The molecule has 2 heterocycles. The predicted octanol–water partition coefficient (Wildman–Crippen LogP) is 5.96. The molecule has 1 N–H and O–H groups in total. The number of aromatic amines is 1. The molecule has 26 heavy (non-hydrogen) atoms. The fourth-order valence-electron chi connectivity index (χ4n) is 5.42. The third-order valence-electron chi connectivity index (χ3n) is 6.76. The van der Waals surface area contributed by atoms with Gasteiger partial charge in [-0.2, -0.15) is 0 Å². The Labute approximate surface area is 159 Å². The number of benzene rings is 1. The zero-order chi connectivity index (χ0) is 17.1. The minimum atomic E-state index is 0.663. The van der Waals surface area contributed by atoms with Gasteiger partial charge >= 0.3 is 0 Å². The van der Waals surface area contributed by atoms with Crippen molar-refractivity contribution in [1.29, 1.82) is 0 Å². The van der Waals surface area contributed by atoms with Crippen LogP contribution < -0.4 is 0 Å². The molecule has 1 fully saturated rings. The topological polar surface area (TPSA) is 15.8 Å². The monoisotopic (exact) mass is 357 g/mol. The number of aryl methyl sites for hydroxylation is 1. The normalized spacial score (nSPS) is 32.0. The van der Waals surface area contributed by atoms with Crippen LogP contribution >= 0.6 is 11.8 Å². The SMILES string of the molecule is C1=CC2SC3=CC=C(C4CCc5[nH]c6ccccc6c5C4)CC3C2C=C1. The van der Waals surface area contributed by atoms with Crippen LogP contribution in [-0.4, -0.2) is 10.2 Å². The zero-order valence-electron chi connectivity index (χ0n) is 14.8. The molecule has 1 aliphatic heterocycles.